The summed E-state index contributed by atoms with van der Waals surface area (Å²) in [6.45, 7) is 2.79. The van der Waals surface area contributed by atoms with Crippen molar-refractivity contribution in [3.05, 3.63) is 29.6 Å². The molecule has 2 aromatic rings. The average molecular weight is 313 g/mol. The third-order valence-electron chi connectivity index (χ3n) is 2.90. The molecule has 0 aliphatic rings. The fraction of sp³-hybridized carbons (Fsp3) is 0.308. The molecule has 0 spiro atoms. The Morgan fingerprint density at radius 2 is 2.00 bits per heavy atom. The van der Waals surface area contributed by atoms with Gasteiger partial charge in [0.05, 0.1) is 0 Å². The second-order valence-electron chi connectivity index (χ2n) is 4.63. The second-order valence-corrected chi connectivity index (χ2v) is 7.40. The van der Waals surface area contributed by atoms with Crippen LogP contribution >= 0.6 is 11.3 Å². The maximum atomic E-state index is 12.7. The summed E-state index contributed by atoms with van der Waals surface area (Å²) in [5.41, 5.74) is 0. The molecule has 0 radical (unpaired) electrons. The zero-order chi connectivity index (χ0) is 14.9. The molecule has 0 unspecified atom stereocenters. The van der Waals surface area contributed by atoms with E-state index in [1.807, 2.05) is 12.1 Å². The molecule has 0 aliphatic heterocycles. The number of hydrogen-bond donors (Lipinski definition) is 1. The second kappa shape index (κ2) is 5.51. The molecule has 108 valence electrons. The van der Waals surface area contributed by atoms with Gasteiger partial charge < -0.3 is 5.11 Å². The van der Waals surface area contributed by atoms with Crippen molar-refractivity contribution in [2.24, 2.45) is 0 Å². The summed E-state index contributed by atoms with van der Waals surface area (Å²) in [5, 5.41) is 11.1. The van der Waals surface area contributed by atoms with E-state index >= 15 is 0 Å². The normalized spacial score (nSPS) is 12.4. The maximum absolute atomic E-state index is 12.7. The fourth-order valence-corrected chi connectivity index (χ4v) is 5.02. The molecular formula is C13H15NO4S2. The first-order valence-corrected chi connectivity index (χ1v) is 8.36. The minimum atomic E-state index is -3.82. The zero-order valence-electron chi connectivity index (χ0n) is 11.1. The monoisotopic (exact) mass is 313 g/mol. The third kappa shape index (κ3) is 2.70. The molecule has 1 heterocycles. The molecule has 1 aromatic carbocycles. The standard InChI is InChI=1S/C13H15NO4S2/c1-9(2)14(7-13(15)16)20(17,18)12-8-19-11-6-4-3-5-10(11)12/h3-6,8-9H,7H2,1-2H3,(H,15,16). The van der Waals surface area contributed by atoms with Crippen LogP contribution in [0.3, 0.4) is 0 Å². The number of aliphatic carboxylic acids is 1. The van der Waals surface area contributed by atoms with Crippen molar-refractivity contribution in [2.45, 2.75) is 24.8 Å². The van der Waals surface area contributed by atoms with E-state index in [2.05, 4.69) is 0 Å². The SMILES string of the molecule is CC(C)N(CC(=O)O)S(=O)(=O)c1csc2ccccc12. The highest BCUT2D eigenvalue weighted by molar-refractivity contribution is 7.89. The van der Waals surface area contributed by atoms with Crippen molar-refractivity contribution >= 4 is 37.4 Å². The molecule has 0 amide bonds. The van der Waals surface area contributed by atoms with Gasteiger partial charge in [-0.25, -0.2) is 8.42 Å². The predicted molar refractivity (Wildman–Crippen MR) is 78.5 cm³/mol. The van der Waals surface area contributed by atoms with Crippen LogP contribution in [0.25, 0.3) is 10.1 Å². The number of carboxylic acids is 1. The van der Waals surface area contributed by atoms with Gasteiger partial charge in [0, 0.05) is 21.5 Å². The molecule has 7 heteroatoms. The smallest absolute Gasteiger partial charge is 0.318 e. The Morgan fingerprint density at radius 1 is 1.35 bits per heavy atom. The van der Waals surface area contributed by atoms with Crippen LogP contribution in [0.15, 0.2) is 34.5 Å². The number of rotatable bonds is 5. The van der Waals surface area contributed by atoms with E-state index in [-0.39, 0.29) is 4.90 Å². The Kier molecular flexibility index (Phi) is 4.12. The van der Waals surface area contributed by atoms with Crippen LogP contribution in [-0.4, -0.2) is 36.4 Å². The summed E-state index contributed by atoms with van der Waals surface area (Å²) in [6.07, 6.45) is 0. The number of carbonyl (C=O) groups is 1. The number of hydrogen-bond acceptors (Lipinski definition) is 4. The lowest BCUT2D eigenvalue weighted by molar-refractivity contribution is -0.137. The first kappa shape index (κ1) is 15.0. The quantitative estimate of drug-likeness (QED) is 0.919. The molecule has 2 rings (SSSR count). The summed E-state index contributed by atoms with van der Waals surface area (Å²) in [4.78, 5) is 11.1. The van der Waals surface area contributed by atoms with E-state index in [1.165, 1.54) is 11.3 Å². The number of benzene rings is 1. The summed E-state index contributed by atoms with van der Waals surface area (Å²) < 4.78 is 27.2. The van der Waals surface area contributed by atoms with Crippen molar-refractivity contribution in [1.82, 2.24) is 4.31 Å². The van der Waals surface area contributed by atoms with Crippen LogP contribution in [0, 0.1) is 0 Å². The molecule has 0 bridgehead atoms. The largest absolute Gasteiger partial charge is 0.480 e. The highest BCUT2D eigenvalue weighted by Crippen LogP contribution is 2.31. The molecule has 5 nitrogen and oxygen atoms in total. The van der Waals surface area contributed by atoms with Gasteiger partial charge in [-0.1, -0.05) is 18.2 Å². The van der Waals surface area contributed by atoms with Gasteiger partial charge in [0.1, 0.15) is 11.4 Å². The van der Waals surface area contributed by atoms with Crippen LogP contribution < -0.4 is 0 Å². The van der Waals surface area contributed by atoms with E-state index < -0.39 is 28.6 Å². The van der Waals surface area contributed by atoms with Gasteiger partial charge in [-0.3, -0.25) is 4.79 Å². The Morgan fingerprint density at radius 3 is 2.60 bits per heavy atom. The maximum Gasteiger partial charge on any atom is 0.318 e. The van der Waals surface area contributed by atoms with E-state index in [4.69, 9.17) is 5.11 Å². The minimum absolute atomic E-state index is 0.174. The number of fused-ring (bicyclic) bond motifs is 1. The lowest BCUT2D eigenvalue weighted by Crippen LogP contribution is -2.40. The van der Waals surface area contributed by atoms with Gasteiger partial charge in [-0.05, 0) is 19.9 Å². The summed E-state index contributed by atoms with van der Waals surface area (Å²) >= 11 is 1.34. The number of nitrogens with zero attached hydrogens (tertiary/aromatic N) is 1. The predicted octanol–water partition coefficient (Wildman–Crippen LogP) is 2.39. The molecule has 0 atom stereocenters. The van der Waals surface area contributed by atoms with Gasteiger partial charge in [-0.2, -0.15) is 4.31 Å². The summed E-state index contributed by atoms with van der Waals surface area (Å²) in [6, 6.07) is 6.76. The molecule has 1 aromatic heterocycles. The van der Waals surface area contributed by atoms with E-state index in [1.54, 1.807) is 31.4 Å². The first-order chi connectivity index (χ1) is 9.34. The highest BCUT2D eigenvalue weighted by Gasteiger charge is 2.30. The summed E-state index contributed by atoms with van der Waals surface area (Å²) in [5.74, 6) is -1.16. The molecule has 0 fully saturated rings. The third-order valence-corrected chi connectivity index (χ3v) is 6.07. The molecule has 0 saturated carbocycles. The van der Waals surface area contributed by atoms with E-state index in [0.717, 1.165) is 9.01 Å². The Balaban J connectivity index is 2.55. The lowest BCUT2D eigenvalue weighted by Gasteiger charge is -2.23. The van der Waals surface area contributed by atoms with Crippen LogP contribution in [0.2, 0.25) is 0 Å². The van der Waals surface area contributed by atoms with Gasteiger partial charge in [0.15, 0.2) is 0 Å². The molecule has 20 heavy (non-hydrogen) atoms. The van der Waals surface area contributed by atoms with Gasteiger partial charge in [-0.15, -0.1) is 11.3 Å². The van der Waals surface area contributed by atoms with Crippen molar-refractivity contribution in [2.75, 3.05) is 6.54 Å². The van der Waals surface area contributed by atoms with E-state index in [9.17, 15) is 13.2 Å². The molecular weight excluding hydrogens is 298 g/mol. The number of thiophene rings is 1. The Hall–Kier alpha value is -1.44. The molecule has 0 aliphatic carbocycles. The van der Waals surface area contributed by atoms with Gasteiger partial charge >= 0.3 is 5.97 Å². The topological polar surface area (TPSA) is 74.7 Å². The molecule has 1 N–H and O–H groups in total. The summed E-state index contributed by atoms with van der Waals surface area (Å²) in [7, 11) is -3.82. The fourth-order valence-electron chi connectivity index (χ4n) is 1.96. The van der Waals surface area contributed by atoms with Crippen LogP contribution in [-0.2, 0) is 14.8 Å². The van der Waals surface area contributed by atoms with Crippen LogP contribution in [0.5, 0.6) is 0 Å². The van der Waals surface area contributed by atoms with Crippen LogP contribution in [0.4, 0.5) is 0 Å². The highest BCUT2D eigenvalue weighted by atomic mass is 32.2. The van der Waals surface area contributed by atoms with Gasteiger partial charge in [0.25, 0.3) is 0 Å². The van der Waals surface area contributed by atoms with Crippen molar-refractivity contribution in [1.29, 1.82) is 0 Å². The number of carboxylic acid groups (broad SMARTS) is 1. The van der Waals surface area contributed by atoms with E-state index in [0.29, 0.717) is 5.39 Å². The Labute approximate surface area is 121 Å². The number of sulfonamides is 1. The van der Waals surface area contributed by atoms with Crippen molar-refractivity contribution < 1.29 is 18.3 Å². The average Bonchev–Trinajstić information content (AvgIpc) is 2.79. The lowest BCUT2D eigenvalue weighted by atomic mass is 10.3. The van der Waals surface area contributed by atoms with Crippen molar-refractivity contribution in [3.8, 4) is 0 Å². The zero-order valence-corrected chi connectivity index (χ0v) is 12.7. The first-order valence-electron chi connectivity index (χ1n) is 6.04. The van der Waals surface area contributed by atoms with Crippen molar-refractivity contribution in [3.63, 3.8) is 0 Å². The Bertz CT molecular complexity index is 734. The minimum Gasteiger partial charge on any atom is -0.480 e. The van der Waals surface area contributed by atoms with Crippen LogP contribution in [0.1, 0.15) is 13.8 Å². The molecule has 0 saturated heterocycles. The van der Waals surface area contributed by atoms with Gasteiger partial charge in [0.2, 0.25) is 10.0 Å².